The zero-order valence-electron chi connectivity index (χ0n) is 12.7. The molecule has 0 saturated heterocycles. The van der Waals surface area contributed by atoms with Gasteiger partial charge in [-0.25, -0.2) is 4.98 Å². The number of nitrogens with zero attached hydrogens (tertiary/aromatic N) is 3. The van der Waals surface area contributed by atoms with Crippen LogP contribution in [0.5, 0.6) is 0 Å². The lowest BCUT2D eigenvalue weighted by Crippen LogP contribution is -2.45. The molecule has 2 atom stereocenters. The summed E-state index contributed by atoms with van der Waals surface area (Å²) < 4.78 is 2.42. The van der Waals surface area contributed by atoms with Crippen LogP contribution in [0.1, 0.15) is 45.1 Å². The van der Waals surface area contributed by atoms with Gasteiger partial charge in [-0.1, -0.05) is 12.1 Å². The third-order valence-electron chi connectivity index (χ3n) is 5.14. The molecule has 3 nitrogen and oxygen atoms in total. The molecule has 1 aliphatic heterocycles. The Morgan fingerprint density at radius 3 is 2.53 bits per heavy atom. The monoisotopic (exact) mass is 257 g/mol. The number of likely N-dealkylation sites (N-methyl/N-ethyl adjacent to an activating group) is 1. The number of benzene rings is 1. The minimum Gasteiger partial charge on any atom is -0.324 e. The molecule has 2 heterocycles. The Bertz CT molecular complexity index is 639. The highest BCUT2D eigenvalue weighted by Crippen LogP contribution is 2.40. The molecule has 102 valence electrons. The van der Waals surface area contributed by atoms with Crippen LogP contribution in [0.2, 0.25) is 0 Å². The van der Waals surface area contributed by atoms with Crippen molar-refractivity contribution in [2.24, 2.45) is 0 Å². The van der Waals surface area contributed by atoms with Crippen molar-refractivity contribution in [2.45, 2.75) is 52.2 Å². The summed E-state index contributed by atoms with van der Waals surface area (Å²) in [6.45, 7) is 11.3. The molecule has 19 heavy (non-hydrogen) atoms. The lowest BCUT2D eigenvalue weighted by atomic mass is 9.91. The van der Waals surface area contributed by atoms with Gasteiger partial charge in [0.15, 0.2) is 0 Å². The average molecular weight is 257 g/mol. The van der Waals surface area contributed by atoms with E-state index in [1.165, 1.54) is 11.1 Å². The molecule has 0 N–H and O–H groups in total. The summed E-state index contributed by atoms with van der Waals surface area (Å²) in [7, 11) is 2.23. The van der Waals surface area contributed by atoms with Crippen molar-refractivity contribution in [2.75, 3.05) is 7.05 Å². The highest BCUT2D eigenvalue weighted by molar-refractivity contribution is 5.81. The normalized spacial score (nSPS) is 26.6. The number of hydrogen-bond donors (Lipinski definition) is 0. The van der Waals surface area contributed by atoms with Crippen LogP contribution in [0.25, 0.3) is 11.0 Å². The van der Waals surface area contributed by atoms with E-state index in [0.717, 1.165) is 11.3 Å². The van der Waals surface area contributed by atoms with Crippen LogP contribution < -0.4 is 0 Å². The van der Waals surface area contributed by atoms with Crippen molar-refractivity contribution in [3.63, 3.8) is 0 Å². The standard InChI is InChI=1S/C16H23N3/c1-10-11(2)19-12(3)17-14-9-7-8-13(15(14)19)16(4,5)18(10)6/h7-11H,1-6H3. The van der Waals surface area contributed by atoms with Crippen LogP contribution in [-0.4, -0.2) is 27.5 Å². The second-order valence-corrected chi connectivity index (χ2v) is 6.35. The van der Waals surface area contributed by atoms with Gasteiger partial charge in [-0.3, -0.25) is 4.90 Å². The van der Waals surface area contributed by atoms with Crippen molar-refractivity contribution < 1.29 is 0 Å². The van der Waals surface area contributed by atoms with Crippen LogP contribution in [0.3, 0.4) is 0 Å². The molecule has 3 rings (SSSR count). The molecular formula is C16H23N3. The molecule has 2 aromatic rings. The highest BCUT2D eigenvalue weighted by atomic mass is 15.3. The summed E-state index contributed by atoms with van der Waals surface area (Å²) in [4.78, 5) is 7.23. The first-order valence-corrected chi connectivity index (χ1v) is 7.06. The Morgan fingerprint density at radius 1 is 1.16 bits per heavy atom. The van der Waals surface area contributed by atoms with Gasteiger partial charge in [0, 0.05) is 17.6 Å². The van der Waals surface area contributed by atoms with Gasteiger partial charge in [-0.05, 0) is 53.3 Å². The third kappa shape index (κ3) is 1.51. The molecule has 2 unspecified atom stereocenters. The molecule has 0 aliphatic carbocycles. The van der Waals surface area contributed by atoms with Crippen molar-refractivity contribution >= 4 is 11.0 Å². The summed E-state index contributed by atoms with van der Waals surface area (Å²) in [6, 6.07) is 7.41. The van der Waals surface area contributed by atoms with Crippen LogP contribution in [-0.2, 0) is 5.54 Å². The van der Waals surface area contributed by atoms with Gasteiger partial charge < -0.3 is 4.57 Å². The summed E-state index contributed by atoms with van der Waals surface area (Å²) in [5.41, 5.74) is 3.84. The minimum absolute atomic E-state index is 0.0217. The Kier molecular flexibility index (Phi) is 2.55. The molecule has 1 aromatic carbocycles. The van der Waals surface area contributed by atoms with E-state index in [1.54, 1.807) is 0 Å². The zero-order valence-corrected chi connectivity index (χ0v) is 12.7. The lowest BCUT2D eigenvalue weighted by Gasteiger charge is -2.40. The van der Waals surface area contributed by atoms with Gasteiger partial charge >= 0.3 is 0 Å². The molecule has 0 fully saturated rings. The Morgan fingerprint density at radius 2 is 1.84 bits per heavy atom. The number of hydrogen-bond acceptors (Lipinski definition) is 2. The number of para-hydroxylation sites is 1. The number of aromatic nitrogens is 2. The fraction of sp³-hybridized carbons (Fsp3) is 0.562. The fourth-order valence-corrected chi connectivity index (χ4v) is 3.50. The maximum Gasteiger partial charge on any atom is 0.107 e. The molecule has 1 aromatic heterocycles. The Hall–Kier alpha value is -1.35. The third-order valence-corrected chi connectivity index (χ3v) is 5.14. The largest absolute Gasteiger partial charge is 0.324 e. The van der Waals surface area contributed by atoms with Crippen molar-refractivity contribution in [3.05, 3.63) is 29.6 Å². The second kappa shape index (κ2) is 3.83. The van der Waals surface area contributed by atoms with E-state index in [-0.39, 0.29) is 5.54 Å². The van der Waals surface area contributed by atoms with E-state index < -0.39 is 0 Å². The first-order valence-electron chi connectivity index (χ1n) is 7.06. The average Bonchev–Trinajstić information content (AvgIpc) is 2.68. The smallest absolute Gasteiger partial charge is 0.107 e. The molecule has 3 heteroatoms. The highest BCUT2D eigenvalue weighted by Gasteiger charge is 2.38. The SMILES string of the molecule is Cc1nc2cccc3c2n1C(C)C(C)N(C)C3(C)C. The van der Waals surface area contributed by atoms with Crippen molar-refractivity contribution in [1.82, 2.24) is 14.5 Å². The van der Waals surface area contributed by atoms with Crippen LogP contribution in [0.4, 0.5) is 0 Å². The molecule has 0 radical (unpaired) electrons. The van der Waals surface area contributed by atoms with E-state index in [2.05, 4.69) is 69.3 Å². The lowest BCUT2D eigenvalue weighted by molar-refractivity contribution is 0.0897. The molecule has 0 bridgehead atoms. The topological polar surface area (TPSA) is 21.1 Å². The predicted octanol–water partition coefficient (Wildman–Crippen LogP) is 3.47. The quantitative estimate of drug-likeness (QED) is 0.720. The van der Waals surface area contributed by atoms with Gasteiger partial charge in [0.25, 0.3) is 0 Å². The van der Waals surface area contributed by atoms with Crippen LogP contribution >= 0.6 is 0 Å². The Balaban J connectivity index is 2.45. The van der Waals surface area contributed by atoms with Crippen molar-refractivity contribution in [3.8, 4) is 0 Å². The van der Waals surface area contributed by atoms with E-state index in [9.17, 15) is 0 Å². The van der Waals surface area contributed by atoms with Gasteiger partial charge in [0.1, 0.15) is 5.82 Å². The summed E-state index contributed by atoms with van der Waals surface area (Å²) >= 11 is 0. The first kappa shape index (κ1) is 12.7. The van der Waals surface area contributed by atoms with Gasteiger partial charge in [0.05, 0.1) is 11.0 Å². The predicted molar refractivity (Wildman–Crippen MR) is 79.4 cm³/mol. The van der Waals surface area contributed by atoms with E-state index in [4.69, 9.17) is 4.98 Å². The first-order chi connectivity index (χ1) is 8.85. The van der Waals surface area contributed by atoms with E-state index >= 15 is 0 Å². The van der Waals surface area contributed by atoms with Gasteiger partial charge in [-0.2, -0.15) is 0 Å². The van der Waals surface area contributed by atoms with E-state index in [0.29, 0.717) is 12.1 Å². The van der Waals surface area contributed by atoms with E-state index in [1.807, 2.05) is 0 Å². The maximum atomic E-state index is 4.75. The van der Waals surface area contributed by atoms with Gasteiger partial charge in [0.2, 0.25) is 0 Å². The molecule has 0 saturated carbocycles. The number of aryl methyl sites for hydroxylation is 1. The summed E-state index contributed by atoms with van der Waals surface area (Å²) in [6.07, 6.45) is 0. The number of rotatable bonds is 0. The molecule has 1 aliphatic rings. The summed E-state index contributed by atoms with van der Waals surface area (Å²) in [5.74, 6) is 1.12. The molecule has 0 amide bonds. The van der Waals surface area contributed by atoms with Crippen molar-refractivity contribution in [1.29, 1.82) is 0 Å². The molecule has 0 spiro atoms. The maximum absolute atomic E-state index is 4.75. The number of imidazole rings is 1. The molecular weight excluding hydrogens is 234 g/mol. The van der Waals surface area contributed by atoms with Crippen LogP contribution in [0, 0.1) is 6.92 Å². The fourth-order valence-electron chi connectivity index (χ4n) is 3.50. The Labute approximate surface area is 115 Å². The van der Waals surface area contributed by atoms with Crippen LogP contribution in [0.15, 0.2) is 18.2 Å². The van der Waals surface area contributed by atoms with Gasteiger partial charge in [-0.15, -0.1) is 0 Å². The second-order valence-electron chi connectivity index (χ2n) is 6.35. The minimum atomic E-state index is 0.0217. The summed E-state index contributed by atoms with van der Waals surface area (Å²) in [5, 5.41) is 0. The zero-order chi connectivity index (χ0) is 13.9.